The molecule has 1 N–H and O–H groups in total. The molecule has 1 amide bonds. The molecule has 2 rings (SSSR count). The van der Waals surface area contributed by atoms with E-state index in [0.29, 0.717) is 22.9 Å². The number of amides is 1. The Morgan fingerprint density at radius 3 is 2.04 bits per heavy atom. The molecule has 138 valence electrons. The number of hydrogen-bond donors (Lipinski definition) is 1. The summed E-state index contributed by atoms with van der Waals surface area (Å²) in [5.41, 5.74) is 0.894. The number of halogens is 1. The van der Waals surface area contributed by atoms with Crippen molar-refractivity contribution in [3.05, 3.63) is 45.0 Å². The zero-order valence-corrected chi connectivity index (χ0v) is 16.9. The Kier molecular flexibility index (Phi) is 6.67. The van der Waals surface area contributed by atoms with Crippen LogP contribution in [0, 0.1) is 3.57 Å². The van der Waals surface area contributed by atoms with E-state index in [0.717, 1.165) is 3.57 Å². The summed E-state index contributed by atoms with van der Waals surface area (Å²) < 4.78 is 21.4. The largest absolute Gasteiger partial charge is 0.493 e. The molecule has 8 heteroatoms. The van der Waals surface area contributed by atoms with E-state index >= 15 is 0 Å². The molecule has 0 spiro atoms. The number of benzene rings is 2. The minimum Gasteiger partial charge on any atom is -0.493 e. The molecule has 0 heterocycles. The summed E-state index contributed by atoms with van der Waals surface area (Å²) in [6.07, 6.45) is 0. The number of nitrogens with one attached hydrogen (secondary N) is 1. The summed E-state index contributed by atoms with van der Waals surface area (Å²) >= 11 is 2.08. The van der Waals surface area contributed by atoms with Crippen molar-refractivity contribution in [2.75, 3.05) is 33.8 Å². The molecule has 0 saturated heterocycles. The van der Waals surface area contributed by atoms with Gasteiger partial charge in [0.15, 0.2) is 11.5 Å². The minimum atomic E-state index is -0.538. The maximum atomic E-state index is 12.7. The van der Waals surface area contributed by atoms with E-state index in [1.807, 2.05) is 0 Å². The fourth-order valence-electron chi connectivity index (χ4n) is 2.31. The fraction of sp³-hybridized carbons (Fsp3) is 0.222. The second-order valence-electron chi connectivity index (χ2n) is 5.05. The number of esters is 1. The maximum Gasteiger partial charge on any atom is 0.340 e. The lowest BCUT2D eigenvalue weighted by molar-refractivity contribution is 0.0602. The van der Waals surface area contributed by atoms with Gasteiger partial charge in [-0.15, -0.1) is 0 Å². The predicted molar refractivity (Wildman–Crippen MR) is 105 cm³/mol. The van der Waals surface area contributed by atoms with E-state index in [1.165, 1.54) is 40.6 Å². The van der Waals surface area contributed by atoms with Gasteiger partial charge in [0, 0.05) is 9.13 Å². The number of anilines is 1. The number of rotatable bonds is 6. The first-order chi connectivity index (χ1) is 12.4. The monoisotopic (exact) mass is 471 g/mol. The molecule has 2 aromatic carbocycles. The summed E-state index contributed by atoms with van der Waals surface area (Å²) in [5.74, 6) is 0.121. The maximum absolute atomic E-state index is 12.7. The van der Waals surface area contributed by atoms with Gasteiger partial charge in [-0.3, -0.25) is 4.79 Å². The number of methoxy groups -OCH3 is 4. The molecular weight excluding hydrogens is 453 g/mol. The van der Waals surface area contributed by atoms with Crippen LogP contribution in [-0.4, -0.2) is 40.3 Å². The highest BCUT2D eigenvalue weighted by molar-refractivity contribution is 14.1. The van der Waals surface area contributed by atoms with E-state index in [9.17, 15) is 9.59 Å². The Labute approximate surface area is 164 Å². The molecule has 0 bridgehead atoms. The van der Waals surface area contributed by atoms with Gasteiger partial charge in [-0.1, -0.05) is 0 Å². The summed E-state index contributed by atoms with van der Waals surface area (Å²) in [7, 11) is 5.70. The normalized spacial score (nSPS) is 10.0. The second kappa shape index (κ2) is 8.75. The Morgan fingerprint density at radius 1 is 0.923 bits per heavy atom. The van der Waals surface area contributed by atoms with Crippen molar-refractivity contribution < 1.29 is 28.5 Å². The first-order valence-electron chi connectivity index (χ1n) is 7.44. The molecule has 0 aromatic heterocycles. The van der Waals surface area contributed by atoms with Crippen molar-refractivity contribution in [3.63, 3.8) is 0 Å². The highest BCUT2D eigenvalue weighted by Gasteiger charge is 2.19. The third kappa shape index (κ3) is 4.18. The molecule has 7 nitrogen and oxygen atoms in total. The molecule has 0 saturated carbocycles. The summed E-state index contributed by atoms with van der Waals surface area (Å²) in [6.45, 7) is 0. The van der Waals surface area contributed by atoms with Crippen molar-refractivity contribution in [3.8, 4) is 17.2 Å². The first-order valence-corrected chi connectivity index (χ1v) is 8.52. The molecule has 0 fully saturated rings. The predicted octanol–water partition coefficient (Wildman–Crippen LogP) is 3.36. The smallest absolute Gasteiger partial charge is 0.340 e. The van der Waals surface area contributed by atoms with Gasteiger partial charge in [-0.2, -0.15) is 0 Å². The van der Waals surface area contributed by atoms with E-state index in [-0.39, 0.29) is 11.1 Å². The molecule has 0 radical (unpaired) electrons. The molecule has 0 unspecified atom stereocenters. The van der Waals surface area contributed by atoms with Crippen molar-refractivity contribution in [1.82, 2.24) is 0 Å². The van der Waals surface area contributed by atoms with E-state index in [2.05, 4.69) is 27.9 Å². The van der Waals surface area contributed by atoms with Gasteiger partial charge in [-0.05, 0) is 52.9 Å². The zero-order chi connectivity index (χ0) is 19.3. The Balaban J connectivity index is 2.41. The topological polar surface area (TPSA) is 83.1 Å². The molecule has 26 heavy (non-hydrogen) atoms. The zero-order valence-electron chi connectivity index (χ0n) is 14.7. The lowest BCUT2D eigenvalue weighted by atomic mass is 10.1. The van der Waals surface area contributed by atoms with Gasteiger partial charge in [0.1, 0.15) is 0 Å². The fourth-order valence-corrected chi connectivity index (χ4v) is 2.80. The van der Waals surface area contributed by atoms with Crippen molar-refractivity contribution >= 4 is 40.2 Å². The molecule has 0 atom stereocenters. The number of carbonyl (C=O) groups is 2. The van der Waals surface area contributed by atoms with Crippen molar-refractivity contribution in [2.45, 2.75) is 0 Å². The minimum absolute atomic E-state index is 0.264. The van der Waals surface area contributed by atoms with Crippen LogP contribution in [0.5, 0.6) is 17.2 Å². The van der Waals surface area contributed by atoms with Crippen molar-refractivity contribution in [2.24, 2.45) is 0 Å². The van der Waals surface area contributed by atoms with Crippen LogP contribution in [-0.2, 0) is 4.74 Å². The number of carbonyl (C=O) groups excluding carboxylic acids is 2. The lowest BCUT2D eigenvalue weighted by Gasteiger charge is -2.15. The van der Waals surface area contributed by atoms with Crippen LogP contribution < -0.4 is 19.5 Å². The molecule has 2 aromatic rings. The third-order valence-corrected chi connectivity index (χ3v) is 4.23. The Bertz CT molecular complexity index is 811. The summed E-state index contributed by atoms with van der Waals surface area (Å²) in [4.78, 5) is 24.6. The summed E-state index contributed by atoms with van der Waals surface area (Å²) in [5, 5.41) is 2.71. The SMILES string of the molecule is COC(=O)c1cc(I)ccc1NC(=O)c1cc(OC)c(OC)c(OC)c1. The van der Waals surface area contributed by atoms with Crippen LogP contribution in [0.3, 0.4) is 0 Å². The van der Waals surface area contributed by atoms with Gasteiger partial charge in [0.25, 0.3) is 5.91 Å². The first kappa shape index (κ1) is 19.8. The van der Waals surface area contributed by atoms with Crippen LogP contribution in [0.15, 0.2) is 30.3 Å². The van der Waals surface area contributed by atoms with Crippen LogP contribution in [0.2, 0.25) is 0 Å². The van der Waals surface area contributed by atoms with Gasteiger partial charge in [0.05, 0.1) is 39.7 Å². The molecule has 0 aliphatic heterocycles. The van der Waals surface area contributed by atoms with E-state index in [4.69, 9.17) is 18.9 Å². The van der Waals surface area contributed by atoms with Crippen molar-refractivity contribution in [1.29, 1.82) is 0 Å². The third-order valence-electron chi connectivity index (χ3n) is 3.56. The average molecular weight is 471 g/mol. The highest BCUT2D eigenvalue weighted by atomic mass is 127. The van der Waals surface area contributed by atoms with Gasteiger partial charge in [-0.25, -0.2) is 4.79 Å². The van der Waals surface area contributed by atoms with Crippen LogP contribution in [0.1, 0.15) is 20.7 Å². The van der Waals surface area contributed by atoms with E-state index in [1.54, 1.807) is 18.2 Å². The van der Waals surface area contributed by atoms with Gasteiger partial charge >= 0.3 is 5.97 Å². The lowest BCUT2D eigenvalue weighted by Crippen LogP contribution is -2.16. The molecule has 0 aliphatic carbocycles. The van der Waals surface area contributed by atoms with Gasteiger partial charge in [0.2, 0.25) is 5.75 Å². The number of ether oxygens (including phenoxy) is 4. The number of hydrogen-bond acceptors (Lipinski definition) is 6. The quantitative estimate of drug-likeness (QED) is 0.514. The molecular formula is C18H18INO6. The van der Waals surface area contributed by atoms with Crippen LogP contribution in [0.25, 0.3) is 0 Å². The van der Waals surface area contributed by atoms with E-state index < -0.39 is 11.9 Å². The standard InChI is InChI=1S/C18H18INO6/c1-23-14-7-10(8-15(24-2)16(14)25-3)17(21)20-13-6-5-11(19)9-12(13)18(22)26-4/h5-9H,1-4H3,(H,20,21). The Morgan fingerprint density at radius 2 is 1.54 bits per heavy atom. The van der Waals surface area contributed by atoms with Crippen LogP contribution >= 0.6 is 22.6 Å². The highest BCUT2D eigenvalue weighted by Crippen LogP contribution is 2.38. The average Bonchev–Trinajstić information content (AvgIpc) is 2.67. The second-order valence-corrected chi connectivity index (χ2v) is 6.30. The molecule has 0 aliphatic rings. The van der Waals surface area contributed by atoms with Crippen LogP contribution in [0.4, 0.5) is 5.69 Å². The summed E-state index contributed by atoms with van der Waals surface area (Å²) in [6, 6.07) is 8.11. The Hall–Kier alpha value is -2.49. The van der Waals surface area contributed by atoms with Gasteiger partial charge < -0.3 is 24.3 Å².